The van der Waals surface area contributed by atoms with Crippen LogP contribution in [0.25, 0.3) is 0 Å². The molecule has 3 aliphatic rings. The van der Waals surface area contributed by atoms with Crippen LogP contribution in [0.15, 0.2) is 42.5 Å². The molecule has 0 spiro atoms. The Morgan fingerprint density at radius 2 is 1.69 bits per heavy atom. The van der Waals surface area contributed by atoms with E-state index in [1.54, 1.807) is 30.3 Å². The topological polar surface area (TPSA) is 154 Å². The number of nitriles is 1. The van der Waals surface area contributed by atoms with Gasteiger partial charge in [0.25, 0.3) is 11.8 Å². The molecule has 2 amide bonds. The Kier molecular flexibility index (Phi) is 10.6. The third-order valence-electron chi connectivity index (χ3n) is 8.86. The molecule has 2 saturated heterocycles. The van der Waals surface area contributed by atoms with Gasteiger partial charge in [0, 0.05) is 61.8 Å². The van der Waals surface area contributed by atoms with Gasteiger partial charge < -0.3 is 35.1 Å². The number of carbonyl (C=O) groups excluding carboxylic acids is 2. The highest BCUT2D eigenvalue weighted by Gasteiger charge is 2.25. The summed E-state index contributed by atoms with van der Waals surface area (Å²) in [4.78, 5) is 40.8. The second-order valence-electron chi connectivity index (χ2n) is 13.2. The maximum atomic E-state index is 13.6. The van der Waals surface area contributed by atoms with Gasteiger partial charge in [-0.25, -0.2) is 4.98 Å². The third-order valence-corrected chi connectivity index (χ3v) is 8.86. The van der Waals surface area contributed by atoms with E-state index in [0.29, 0.717) is 92.2 Å². The molecule has 1 aliphatic carbocycles. The number of hydrogen-bond donors (Lipinski definition) is 3. The van der Waals surface area contributed by atoms with Gasteiger partial charge in [-0.15, -0.1) is 0 Å². The summed E-state index contributed by atoms with van der Waals surface area (Å²) in [6.07, 6.45) is 2.14. The molecule has 258 valence electrons. The molecule has 49 heavy (non-hydrogen) atoms. The van der Waals surface area contributed by atoms with Crippen molar-refractivity contribution in [2.75, 3.05) is 86.6 Å². The maximum Gasteiger partial charge on any atom is 0.274 e. The van der Waals surface area contributed by atoms with Gasteiger partial charge in [0.05, 0.1) is 37.9 Å². The molecule has 1 aromatic heterocycles. The van der Waals surface area contributed by atoms with Crippen LogP contribution >= 0.6 is 0 Å². The number of nitrogens with one attached hydrogen (secondary N) is 3. The standard InChI is InChI=1S/C36H44N8O5/c1-24-4-5-28(21-30(24)40-34(46)31-22-32(38-27-6-7-27)42-35(41-31)44-11-15-48-16-12-44)39-33(45)25-18-26(36(2,3)23-37)20-29(19-25)49-17-10-43-8-13-47-14-9-43/h4-5,18-22,27H,6-17H2,1-3H3,(H,39,45)(H,40,46)(H,38,41,42). The van der Waals surface area contributed by atoms with Gasteiger partial charge in [-0.1, -0.05) is 6.07 Å². The highest BCUT2D eigenvalue weighted by Crippen LogP contribution is 2.30. The van der Waals surface area contributed by atoms with Crippen molar-refractivity contribution in [3.05, 3.63) is 64.8 Å². The SMILES string of the molecule is Cc1ccc(NC(=O)c2cc(OCCN3CCOCC3)cc(C(C)(C)C#N)c2)cc1NC(=O)c1cc(NC2CC2)nc(N2CCOCC2)n1. The summed E-state index contributed by atoms with van der Waals surface area (Å²) in [6.45, 7) is 12.2. The van der Waals surface area contributed by atoms with Crippen LogP contribution in [0.2, 0.25) is 0 Å². The summed E-state index contributed by atoms with van der Waals surface area (Å²) < 4.78 is 17.0. The van der Waals surface area contributed by atoms with E-state index in [0.717, 1.165) is 38.0 Å². The molecule has 0 unspecified atom stereocenters. The zero-order valence-corrected chi connectivity index (χ0v) is 28.4. The van der Waals surface area contributed by atoms with Crippen molar-refractivity contribution in [1.29, 1.82) is 5.26 Å². The zero-order chi connectivity index (χ0) is 34.4. The monoisotopic (exact) mass is 668 g/mol. The first kappa shape index (κ1) is 34.1. The van der Waals surface area contributed by atoms with Crippen LogP contribution in [0.1, 0.15) is 58.7 Å². The molecule has 2 aliphatic heterocycles. The number of carbonyl (C=O) groups is 2. The van der Waals surface area contributed by atoms with E-state index in [2.05, 4.69) is 36.9 Å². The number of nitrogens with zero attached hydrogens (tertiary/aromatic N) is 5. The molecular formula is C36H44N8O5. The zero-order valence-electron chi connectivity index (χ0n) is 28.4. The van der Waals surface area contributed by atoms with Gasteiger partial charge in [-0.3, -0.25) is 14.5 Å². The molecular weight excluding hydrogens is 624 g/mol. The van der Waals surface area contributed by atoms with Crippen molar-refractivity contribution < 1.29 is 23.8 Å². The average molecular weight is 669 g/mol. The molecule has 13 heteroatoms. The molecule has 0 bridgehead atoms. The van der Waals surface area contributed by atoms with Gasteiger partial charge in [-0.2, -0.15) is 10.2 Å². The van der Waals surface area contributed by atoms with Crippen molar-refractivity contribution >= 4 is 35.0 Å². The summed E-state index contributed by atoms with van der Waals surface area (Å²) in [6, 6.07) is 14.9. The van der Waals surface area contributed by atoms with E-state index in [1.165, 1.54) is 0 Å². The molecule has 1 saturated carbocycles. The first-order valence-electron chi connectivity index (χ1n) is 16.9. The predicted molar refractivity (Wildman–Crippen MR) is 187 cm³/mol. The lowest BCUT2D eigenvalue weighted by atomic mass is 9.85. The van der Waals surface area contributed by atoms with Crippen LogP contribution in [-0.2, 0) is 14.9 Å². The average Bonchev–Trinajstić information content (AvgIpc) is 3.94. The van der Waals surface area contributed by atoms with Crippen LogP contribution in [0, 0.1) is 18.3 Å². The number of benzene rings is 2. The Morgan fingerprint density at radius 1 is 0.959 bits per heavy atom. The highest BCUT2D eigenvalue weighted by molar-refractivity contribution is 6.06. The normalized spacial score (nSPS) is 16.8. The quantitative estimate of drug-likeness (QED) is 0.254. The molecule has 13 nitrogen and oxygen atoms in total. The molecule has 3 N–H and O–H groups in total. The van der Waals surface area contributed by atoms with Crippen LogP contribution < -0.4 is 25.6 Å². The number of aromatic nitrogens is 2. The summed E-state index contributed by atoms with van der Waals surface area (Å²) in [5.41, 5.74) is 2.30. The van der Waals surface area contributed by atoms with Crippen LogP contribution in [0.3, 0.4) is 0 Å². The number of ether oxygens (including phenoxy) is 3. The van der Waals surface area contributed by atoms with E-state index in [4.69, 9.17) is 14.2 Å². The number of anilines is 4. The minimum Gasteiger partial charge on any atom is -0.492 e. The highest BCUT2D eigenvalue weighted by atomic mass is 16.5. The van der Waals surface area contributed by atoms with Crippen molar-refractivity contribution in [2.24, 2.45) is 0 Å². The van der Waals surface area contributed by atoms with E-state index < -0.39 is 5.41 Å². The summed E-state index contributed by atoms with van der Waals surface area (Å²) in [7, 11) is 0. The summed E-state index contributed by atoms with van der Waals surface area (Å²) in [5, 5.41) is 19.2. The van der Waals surface area contributed by atoms with Gasteiger partial charge >= 0.3 is 0 Å². The van der Waals surface area contributed by atoms with Crippen LogP contribution in [0.4, 0.5) is 23.1 Å². The summed E-state index contributed by atoms with van der Waals surface area (Å²) in [5.74, 6) is 0.883. The molecule has 0 atom stereocenters. The largest absolute Gasteiger partial charge is 0.492 e. The first-order valence-corrected chi connectivity index (χ1v) is 16.9. The number of hydrogen-bond acceptors (Lipinski definition) is 11. The van der Waals surface area contributed by atoms with Crippen molar-refractivity contribution in [2.45, 2.75) is 45.1 Å². The third kappa shape index (κ3) is 9.03. The Hall–Kier alpha value is -4.77. The molecule has 3 fully saturated rings. The van der Waals surface area contributed by atoms with Gasteiger partial charge in [0.1, 0.15) is 23.9 Å². The van der Waals surface area contributed by atoms with Crippen molar-refractivity contribution in [1.82, 2.24) is 14.9 Å². The fourth-order valence-electron chi connectivity index (χ4n) is 5.55. The van der Waals surface area contributed by atoms with E-state index in [-0.39, 0.29) is 17.5 Å². The van der Waals surface area contributed by atoms with Gasteiger partial charge in [-0.05, 0) is 75.1 Å². The predicted octanol–water partition coefficient (Wildman–Crippen LogP) is 4.21. The van der Waals surface area contributed by atoms with Crippen LogP contribution in [-0.4, -0.2) is 98.5 Å². The minimum absolute atomic E-state index is 0.242. The first-order chi connectivity index (χ1) is 23.7. The molecule has 3 heterocycles. The summed E-state index contributed by atoms with van der Waals surface area (Å²) >= 11 is 0. The molecule has 0 radical (unpaired) electrons. The Bertz CT molecular complexity index is 1710. The second-order valence-corrected chi connectivity index (χ2v) is 13.2. The van der Waals surface area contributed by atoms with Gasteiger partial charge in [0.2, 0.25) is 5.95 Å². The molecule has 3 aromatic rings. The number of amides is 2. The molecule has 6 rings (SSSR count). The van der Waals surface area contributed by atoms with Crippen LogP contribution in [0.5, 0.6) is 5.75 Å². The Labute approximate surface area is 286 Å². The fourth-order valence-corrected chi connectivity index (χ4v) is 5.55. The lowest BCUT2D eigenvalue weighted by molar-refractivity contribution is 0.0322. The minimum atomic E-state index is -0.837. The maximum absolute atomic E-state index is 13.6. The van der Waals surface area contributed by atoms with E-state index in [1.807, 2.05) is 37.8 Å². The van der Waals surface area contributed by atoms with E-state index in [9.17, 15) is 14.9 Å². The number of morpholine rings is 2. The van der Waals surface area contributed by atoms with E-state index >= 15 is 0 Å². The second kappa shape index (κ2) is 15.2. The lowest BCUT2D eigenvalue weighted by Gasteiger charge is -2.27. The Morgan fingerprint density at radius 3 is 2.41 bits per heavy atom. The van der Waals surface area contributed by atoms with Gasteiger partial charge in [0.15, 0.2) is 0 Å². The number of rotatable bonds is 12. The fraction of sp³-hybridized carbons (Fsp3) is 0.472. The van der Waals surface area contributed by atoms with Crippen molar-refractivity contribution in [3.8, 4) is 11.8 Å². The smallest absolute Gasteiger partial charge is 0.274 e. The number of aryl methyl sites for hydroxylation is 1. The lowest BCUT2D eigenvalue weighted by Crippen LogP contribution is -2.38. The Balaban J connectivity index is 1.17. The molecule has 2 aromatic carbocycles. The van der Waals surface area contributed by atoms with Crippen molar-refractivity contribution in [3.63, 3.8) is 0 Å².